The van der Waals surface area contributed by atoms with Gasteiger partial charge in [-0.25, -0.2) is 18.7 Å². The molecule has 142 valence electrons. The van der Waals surface area contributed by atoms with Crippen LogP contribution >= 0.6 is 11.6 Å². The van der Waals surface area contributed by atoms with E-state index in [9.17, 15) is 18.4 Å². The molecule has 0 unspecified atom stereocenters. The highest BCUT2D eigenvalue weighted by molar-refractivity contribution is 6.31. The fraction of sp³-hybridized carbons (Fsp3) is 0.0526. The molecular formula is C19H13ClF2N4O2. The van der Waals surface area contributed by atoms with Gasteiger partial charge in [0, 0.05) is 34.6 Å². The van der Waals surface area contributed by atoms with Gasteiger partial charge in [0.2, 0.25) is 0 Å². The topological polar surface area (TPSA) is 84.0 Å². The number of hydrogen-bond acceptors (Lipinski definition) is 4. The van der Waals surface area contributed by atoms with E-state index in [1.807, 2.05) is 0 Å². The Labute approximate surface area is 163 Å². The zero-order chi connectivity index (χ0) is 20.1. The molecule has 2 N–H and O–H groups in total. The van der Waals surface area contributed by atoms with Crippen LogP contribution in [-0.2, 0) is 6.54 Å². The lowest BCUT2D eigenvalue weighted by atomic mass is 10.1. The van der Waals surface area contributed by atoms with Crippen molar-refractivity contribution in [3.05, 3.63) is 88.5 Å². The number of aromatic nitrogens is 2. The van der Waals surface area contributed by atoms with Crippen molar-refractivity contribution in [2.45, 2.75) is 6.54 Å². The van der Waals surface area contributed by atoms with Crippen LogP contribution in [0.1, 0.15) is 26.4 Å². The second-order valence-corrected chi connectivity index (χ2v) is 6.07. The summed E-state index contributed by atoms with van der Waals surface area (Å²) in [6.45, 7) is -0.177. The molecule has 0 saturated carbocycles. The maximum atomic E-state index is 13.9. The Balaban J connectivity index is 1.73. The molecular weight excluding hydrogens is 390 g/mol. The van der Waals surface area contributed by atoms with Crippen LogP contribution < -0.4 is 10.6 Å². The van der Waals surface area contributed by atoms with Crippen LogP contribution in [0, 0.1) is 11.6 Å². The molecule has 0 spiro atoms. The highest BCUT2D eigenvalue weighted by Crippen LogP contribution is 2.19. The normalized spacial score (nSPS) is 10.4. The van der Waals surface area contributed by atoms with Crippen LogP contribution in [0.4, 0.5) is 14.5 Å². The van der Waals surface area contributed by atoms with Gasteiger partial charge in [0.1, 0.15) is 23.7 Å². The molecule has 2 aromatic carbocycles. The minimum atomic E-state index is -0.727. The minimum absolute atomic E-state index is 0.0505. The number of nitrogens with one attached hydrogen (secondary N) is 2. The molecule has 9 heteroatoms. The van der Waals surface area contributed by atoms with Crippen molar-refractivity contribution < 1.29 is 18.4 Å². The van der Waals surface area contributed by atoms with Gasteiger partial charge in [0.05, 0.1) is 0 Å². The maximum absolute atomic E-state index is 13.9. The highest BCUT2D eigenvalue weighted by Gasteiger charge is 2.14. The van der Waals surface area contributed by atoms with Crippen molar-refractivity contribution >= 4 is 29.1 Å². The zero-order valence-corrected chi connectivity index (χ0v) is 15.0. The minimum Gasteiger partial charge on any atom is -0.348 e. The molecule has 0 aliphatic rings. The summed E-state index contributed by atoms with van der Waals surface area (Å²) < 4.78 is 27.7. The van der Waals surface area contributed by atoms with Crippen molar-refractivity contribution in [2.75, 3.05) is 5.32 Å². The van der Waals surface area contributed by atoms with Crippen LogP contribution in [0.5, 0.6) is 0 Å². The van der Waals surface area contributed by atoms with E-state index in [0.717, 1.165) is 12.1 Å². The van der Waals surface area contributed by atoms with Crippen LogP contribution in [0.25, 0.3) is 0 Å². The van der Waals surface area contributed by atoms with Gasteiger partial charge >= 0.3 is 0 Å². The van der Waals surface area contributed by atoms with E-state index in [-0.39, 0.29) is 34.1 Å². The average Bonchev–Trinajstić information content (AvgIpc) is 2.67. The molecule has 1 heterocycles. The zero-order valence-electron chi connectivity index (χ0n) is 14.2. The fourth-order valence-corrected chi connectivity index (χ4v) is 2.61. The van der Waals surface area contributed by atoms with Gasteiger partial charge in [-0.2, -0.15) is 0 Å². The van der Waals surface area contributed by atoms with E-state index >= 15 is 0 Å². The molecule has 0 atom stereocenters. The first kappa shape index (κ1) is 19.4. The first-order chi connectivity index (χ1) is 13.4. The monoisotopic (exact) mass is 402 g/mol. The van der Waals surface area contributed by atoms with Crippen molar-refractivity contribution in [3.63, 3.8) is 0 Å². The molecule has 28 heavy (non-hydrogen) atoms. The van der Waals surface area contributed by atoms with Gasteiger partial charge in [-0.05, 0) is 36.4 Å². The van der Waals surface area contributed by atoms with E-state index in [0.29, 0.717) is 0 Å². The second kappa shape index (κ2) is 8.53. The lowest BCUT2D eigenvalue weighted by Gasteiger charge is -2.10. The Hall–Kier alpha value is -3.39. The van der Waals surface area contributed by atoms with Gasteiger partial charge in [-0.15, -0.1) is 0 Å². The molecule has 0 radical (unpaired) electrons. The summed E-state index contributed by atoms with van der Waals surface area (Å²) in [5.41, 5.74) is 0.216. The quantitative estimate of drug-likeness (QED) is 0.683. The van der Waals surface area contributed by atoms with Gasteiger partial charge in [0.25, 0.3) is 11.8 Å². The number of carbonyl (C=O) groups is 2. The molecule has 3 rings (SSSR count). The third-order valence-electron chi connectivity index (χ3n) is 3.72. The van der Waals surface area contributed by atoms with E-state index in [1.54, 1.807) is 0 Å². The Morgan fingerprint density at radius 3 is 2.61 bits per heavy atom. The molecule has 1 aromatic heterocycles. The summed E-state index contributed by atoms with van der Waals surface area (Å²) in [6, 6.07) is 8.90. The maximum Gasteiger partial charge on any atom is 0.274 e. The Bertz CT molecular complexity index is 1010. The lowest BCUT2D eigenvalue weighted by molar-refractivity contribution is 0.0948. The number of rotatable bonds is 5. The van der Waals surface area contributed by atoms with Crippen molar-refractivity contribution in [1.29, 1.82) is 0 Å². The summed E-state index contributed by atoms with van der Waals surface area (Å²) in [7, 11) is 0. The van der Waals surface area contributed by atoms with Crippen molar-refractivity contribution in [1.82, 2.24) is 15.3 Å². The van der Waals surface area contributed by atoms with E-state index in [2.05, 4.69) is 20.6 Å². The smallest absolute Gasteiger partial charge is 0.274 e. The van der Waals surface area contributed by atoms with Gasteiger partial charge in [-0.3, -0.25) is 9.59 Å². The second-order valence-electron chi connectivity index (χ2n) is 5.66. The van der Waals surface area contributed by atoms with Crippen LogP contribution in [0.3, 0.4) is 0 Å². The Kier molecular flexibility index (Phi) is 5.90. The largest absolute Gasteiger partial charge is 0.348 e. The van der Waals surface area contributed by atoms with Crippen molar-refractivity contribution in [3.8, 4) is 0 Å². The highest BCUT2D eigenvalue weighted by atomic mass is 35.5. The van der Waals surface area contributed by atoms with Crippen molar-refractivity contribution in [2.24, 2.45) is 0 Å². The molecule has 6 nitrogen and oxygen atoms in total. The molecule has 0 aliphatic carbocycles. The molecule has 0 saturated heterocycles. The predicted molar refractivity (Wildman–Crippen MR) is 99.0 cm³/mol. The molecule has 2 amide bonds. The number of amides is 2. The Morgan fingerprint density at radius 1 is 1.07 bits per heavy atom. The van der Waals surface area contributed by atoms with Gasteiger partial charge < -0.3 is 10.6 Å². The fourth-order valence-electron chi connectivity index (χ4n) is 2.38. The first-order valence-electron chi connectivity index (χ1n) is 8.03. The summed E-state index contributed by atoms with van der Waals surface area (Å²) in [5, 5.41) is 5.09. The molecule has 3 aromatic rings. The van der Waals surface area contributed by atoms with E-state index in [4.69, 9.17) is 11.6 Å². The summed E-state index contributed by atoms with van der Waals surface area (Å²) in [5.74, 6) is -2.53. The SMILES string of the molecule is O=C(NCc1c(F)cccc1Cl)c1cc(F)cc(NC(=O)c2ccncn2)c1. The predicted octanol–water partition coefficient (Wildman–Crippen LogP) is 3.59. The van der Waals surface area contributed by atoms with Gasteiger partial charge in [0.15, 0.2) is 0 Å². The third kappa shape index (κ3) is 4.66. The number of hydrogen-bond donors (Lipinski definition) is 2. The summed E-state index contributed by atoms with van der Waals surface area (Å²) >= 11 is 5.92. The summed E-state index contributed by atoms with van der Waals surface area (Å²) in [6.07, 6.45) is 2.59. The number of benzene rings is 2. The number of carbonyl (C=O) groups excluding carboxylic acids is 2. The Morgan fingerprint density at radius 2 is 1.89 bits per heavy atom. The molecule has 0 bridgehead atoms. The standard InChI is InChI=1S/C19H13ClF2N4O2/c20-15-2-1-3-16(22)14(15)9-24-18(27)11-6-12(21)8-13(7-11)26-19(28)17-4-5-23-10-25-17/h1-8,10H,9H2,(H,24,27)(H,26,28). The third-order valence-corrected chi connectivity index (χ3v) is 4.07. The van der Waals surface area contributed by atoms with Crippen LogP contribution in [0.2, 0.25) is 5.02 Å². The summed E-state index contributed by atoms with van der Waals surface area (Å²) in [4.78, 5) is 31.9. The molecule has 0 fully saturated rings. The van der Waals surface area contributed by atoms with Crippen LogP contribution in [-0.4, -0.2) is 21.8 Å². The van der Waals surface area contributed by atoms with E-state index < -0.39 is 23.4 Å². The number of anilines is 1. The van der Waals surface area contributed by atoms with Gasteiger partial charge in [-0.1, -0.05) is 17.7 Å². The first-order valence-corrected chi connectivity index (χ1v) is 8.41. The van der Waals surface area contributed by atoms with E-state index in [1.165, 1.54) is 42.9 Å². The lowest BCUT2D eigenvalue weighted by Crippen LogP contribution is -2.24. The molecule has 0 aliphatic heterocycles. The number of halogens is 3. The number of nitrogens with zero attached hydrogens (tertiary/aromatic N) is 2. The average molecular weight is 403 g/mol. The van der Waals surface area contributed by atoms with Crippen LogP contribution in [0.15, 0.2) is 55.0 Å².